The minimum atomic E-state index is 0.524. The smallest absolute Gasteiger partial charge is 0.0274 e. The zero-order valence-electron chi connectivity index (χ0n) is 12.6. The number of nitrogens with zero attached hydrogens (tertiary/aromatic N) is 1. The first-order valence-corrected chi connectivity index (χ1v) is 7.98. The maximum absolute atomic E-state index is 5.74. The molecular formula is C17H24N2S. The van der Waals surface area contributed by atoms with Crippen LogP contribution in [0.3, 0.4) is 0 Å². The summed E-state index contributed by atoms with van der Waals surface area (Å²) in [6, 6.07) is 13.5. The van der Waals surface area contributed by atoms with E-state index in [1.807, 2.05) is 11.3 Å². The molecule has 0 atom stereocenters. The lowest BCUT2D eigenvalue weighted by Gasteiger charge is -2.26. The van der Waals surface area contributed by atoms with Gasteiger partial charge in [-0.3, -0.25) is 4.90 Å². The van der Waals surface area contributed by atoms with E-state index >= 15 is 0 Å². The topological polar surface area (TPSA) is 29.3 Å². The average molecular weight is 288 g/mol. The summed E-state index contributed by atoms with van der Waals surface area (Å²) in [5, 5.41) is 0. The van der Waals surface area contributed by atoms with Crippen LogP contribution in [0.5, 0.6) is 0 Å². The van der Waals surface area contributed by atoms with Crippen LogP contribution in [0.2, 0.25) is 0 Å². The molecule has 0 unspecified atom stereocenters. The highest BCUT2D eigenvalue weighted by molar-refractivity contribution is 7.12. The Bertz CT molecular complexity index is 531. The van der Waals surface area contributed by atoms with Crippen LogP contribution in [0.4, 0.5) is 0 Å². The SMILES string of the molecule is Cc1sc(CN)cc1CN(Cc1ccccc1)C(C)C. The lowest BCUT2D eigenvalue weighted by atomic mass is 10.1. The van der Waals surface area contributed by atoms with Crippen molar-refractivity contribution in [2.24, 2.45) is 5.73 Å². The molecule has 1 heterocycles. The second-order valence-electron chi connectivity index (χ2n) is 5.48. The number of thiophene rings is 1. The molecule has 20 heavy (non-hydrogen) atoms. The van der Waals surface area contributed by atoms with Gasteiger partial charge in [0.15, 0.2) is 0 Å². The summed E-state index contributed by atoms with van der Waals surface area (Å²) >= 11 is 1.82. The molecule has 0 aliphatic heterocycles. The van der Waals surface area contributed by atoms with Crippen molar-refractivity contribution in [3.8, 4) is 0 Å². The van der Waals surface area contributed by atoms with Gasteiger partial charge in [0, 0.05) is 35.4 Å². The molecule has 0 fully saturated rings. The van der Waals surface area contributed by atoms with E-state index in [9.17, 15) is 0 Å². The number of hydrogen-bond acceptors (Lipinski definition) is 3. The third-order valence-corrected chi connectivity index (χ3v) is 4.72. The number of aryl methyl sites for hydroxylation is 1. The van der Waals surface area contributed by atoms with Gasteiger partial charge in [0.2, 0.25) is 0 Å². The van der Waals surface area contributed by atoms with Gasteiger partial charge in [-0.15, -0.1) is 11.3 Å². The fourth-order valence-electron chi connectivity index (χ4n) is 2.30. The zero-order valence-corrected chi connectivity index (χ0v) is 13.4. The number of nitrogens with two attached hydrogens (primary N) is 1. The molecule has 3 heteroatoms. The van der Waals surface area contributed by atoms with E-state index in [0.29, 0.717) is 12.6 Å². The van der Waals surface area contributed by atoms with Gasteiger partial charge < -0.3 is 5.73 Å². The number of benzene rings is 1. The van der Waals surface area contributed by atoms with E-state index in [1.54, 1.807) is 0 Å². The van der Waals surface area contributed by atoms with E-state index in [4.69, 9.17) is 5.73 Å². The maximum Gasteiger partial charge on any atom is 0.0274 e. The standard InChI is InChI=1S/C17H24N2S/c1-13(2)19(11-15-7-5-4-6-8-15)12-16-9-17(10-18)20-14(16)3/h4-9,13H,10-12,18H2,1-3H3. The van der Waals surface area contributed by atoms with Gasteiger partial charge in [-0.2, -0.15) is 0 Å². The molecule has 2 aromatic rings. The summed E-state index contributed by atoms with van der Waals surface area (Å²) in [7, 11) is 0. The third-order valence-electron chi connectivity index (χ3n) is 3.61. The second-order valence-corrected chi connectivity index (χ2v) is 6.82. The van der Waals surface area contributed by atoms with Gasteiger partial charge in [-0.25, -0.2) is 0 Å². The van der Waals surface area contributed by atoms with Crippen molar-refractivity contribution in [1.82, 2.24) is 4.90 Å². The van der Waals surface area contributed by atoms with Crippen molar-refractivity contribution in [2.75, 3.05) is 0 Å². The molecule has 0 amide bonds. The molecule has 0 radical (unpaired) electrons. The van der Waals surface area contributed by atoms with Crippen LogP contribution in [0, 0.1) is 6.92 Å². The highest BCUT2D eigenvalue weighted by atomic mass is 32.1. The molecule has 0 spiro atoms. The molecule has 0 bridgehead atoms. The van der Waals surface area contributed by atoms with Gasteiger partial charge in [-0.1, -0.05) is 30.3 Å². The molecule has 0 aliphatic rings. The summed E-state index contributed by atoms with van der Waals surface area (Å²) < 4.78 is 0. The third kappa shape index (κ3) is 3.92. The molecule has 1 aromatic carbocycles. The van der Waals surface area contributed by atoms with Crippen molar-refractivity contribution < 1.29 is 0 Å². The largest absolute Gasteiger partial charge is 0.326 e. The predicted octanol–water partition coefficient (Wildman–Crippen LogP) is 3.93. The van der Waals surface area contributed by atoms with Crippen LogP contribution in [-0.4, -0.2) is 10.9 Å². The first-order chi connectivity index (χ1) is 9.60. The first kappa shape index (κ1) is 15.2. The molecule has 0 saturated heterocycles. The highest BCUT2D eigenvalue weighted by Crippen LogP contribution is 2.24. The molecule has 2 N–H and O–H groups in total. The lowest BCUT2D eigenvalue weighted by molar-refractivity contribution is 0.203. The van der Waals surface area contributed by atoms with Crippen LogP contribution in [0.25, 0.3) is 0 Å². The highest BCUT2D eigenvalue weighted by Gasteiger charge is 2.14. The second kappa shape index (κ2) is 7.02. The molecular weight excluding hydrogens is 264 g/mol. The molecule has 0 aliphatic carbocycles. The summed E-state index contributed by atoms with van der Waals surface area (Å²) in [5.74, 6) is 0. The fraction of sp³-hybridized carbons (Fsp3) is 0.412. The van der Waals surface area contributed by atoms with Crippen LogP contribution >= 0.6 is 11.3 Å². The molecule has 108 valence electrons. The Morgan fingerprint density at radius 2 is 1.85 bits per heavy atom. The summed E-state index contributed by atoms with van der Waals surface area (Å²) in [4.78, 5) is 5.18. The lowest BCUT2D eigenvalue weighted by Crippen LogP contribution is -2.29. The van der Waals surface area contributed by atoms with Crippen molar-refractivity contribution in [3.05, 3.63) is 57.3 Å². The Morgan fingerprint density at radius 3 is 2.40 bits per heavy atom. The van der Waals surface area contributed by atoms with Crippen LogP contribution in [0.1, 0.15) is 34.7 Å². The first-order valence-electron chi connectivity index (χ1n) is 7.16. The normalized spacial score (nSPS) is 11.5. The van der Waals surface area contributed by atoms with E-state index in [0.717, 1.165) is 13.1 Å². The quantitative estimate of drug-likeness (QED) is 0.872. The van der Waals surface area contributed by atoms with E-state index < -0.39 is 0 Å². The Kier molecular flexibility index (Phi) is 5.35. The van der Waals surface area contributed by atoms with Crippen molar-refractivity contribution in [3.63, 3.8) is 0 Å². The van der Waals surface area contributed by atoms with E-state index in [2.05, 4.69) is 62.1 Å². The van der Waals surface area contributed by atoms with Crippen molar-refractivity contribution in [1.29, 1.82) is 0 Å². The Hall–Kier alpha value is -1.16. The Labute approximate surface area is 126 Å². The predicted molar refractivity (Wildman–Crippen MR) is 87.8 cm³/mol. The molecule has 0 saturated carbocycles. The minimum Gasteiger partial charge on any atom is -0.326 e. The summed E-state index contributed by atoms with van der Waals surface area (Å²) in [6.45, 7) is 9.34. The van der Waals surface area contributed by atoms with Crippen LogP contribution < -0.4 is 5.73 Å². The van der Waals surface area contributed by atoms with Crippen LogP contribution in [0.15, 0.2) is 36.4 Å². The van der Waals surface area contributed by atoms with Crippen LogP contribution in [-0.2, 0) is 19.6 Å². The molecule has 1 aromatic heterocycles. The summed E-state index contributed by atoms with van der Waals surface area (Å²) in [6.07, 6.45) is 0. The van der Waals surface area contributed by atoms with Gasteiger partial charge in [-0.05, 0) is 38.0 Å². The average Bonchev–Trinajstić information content (AvgIpc) is 2.80. The van der Waals surface area contributed by atoms with Gasteiger partial charge in [0.25, 0.3) is 0 Å². The Balaban J connectivity index is 2.11. The van der Waals surface area contributed by atoms with E-state index in [1.165, 1.54) is 20.9 Å². The van der Waals surface area contributed by atoms with Crippen molar-refractivity contribution >= 4 is 11.3 Å². The molecule has 2 nitrogen and oxygen atoms in total. The Morgan fingerprint density at radius 1 is 1.15 bits per heavy atom. The fourth-order valence-corrected chi connectivity index (χ4v) is 3.24. The van der Waals surface area contributed by atoms with Gasteiger partial charge in [0.05, 0.1) is 0 Å². The monoisotopic (exact) mass is 288 g/mol. The van der Waals surface area contributed by atoms with E-state index in [-0.39, 0.29) is 0 Å². The van der Waals surface area contributed by atoms with Gasteiger partial charge in [0.1, 0.15) is 0 Å². The number of rotatable bonds is 6. The number of hydrogen-bond donors (Lipinski definition) is 1. The van der Waals surface area contributed by atoms with Crippen molar-refractivity contribution in [2.45, 2.75) is 46.4 Å². The van der Waals surface area contributed by atoms with Gasteiger partial charge >= 0.3 is 0 Å². The minimum absolute atomic E-state index is 0.524. The maximum atomic E-state index is 5.74. The molecule has 2 rings (SSSR count). The zero-order chi connectivity index (χ0) is 14.5. The summed E-state index contributed by atoms with van der Waals surface area (Å²) in [5.41, 5.74) is 8.53.